The highest BCUT2D eigenvalue weighted by Gasteiger charge is 2.02. The first-order chi connectivity index (χ1) is 9.36. The van der Waals surface area contributed by atoms with Crippen molar-refractivity contribution in [3.8, 4) is 0 Å². The van der Waals surface area contributed by atoms with Gasteiger partial charge in [-0.2, -0.15) is 0 Å². The predicted molar refractivity (Wildman–Crippen MR) is 74.9 cm³/mol. The van der Waals surface area contributed by atoms with Gasteiger partial charge in [0, 0.05) is 34.9 Å². The van der Waals surface area contributed by atoms with Crippen LogP contribution >= 0.6 is 0 Å². The van der Waals surface area contributed by atoms with Crippen molar-refractivity contribution >= 4 is 28.1 Å². The highest BCUT2D eigenvalue weighted by Crippen LogP contribution is 2.25. The lowest BCUT2D eigenvalue weighted by molar-refractivity contribution is 1.14. The molecule has 3 rings (SSSR count). The van der Waals surface area contributed by atoms with Gasteiger partial charge in [0.25, 0.3) is 0 Å². The number of aromatic nitrogens is 3. The van der Waals surface area contributed by atoms with E-state index in [1.54, 1.807) is 12.3 Å². The fourth-order valence-electron chi connectivity index (χ4n) is 1.87. The van der Waals surface area contributed by atoms with Crippen LogP contribution in [0.5, 0.6) is 0 Å². The molecule has 0 unspecified atom stereocenters. The quantitative estimate of drug-likeness (QED) is 0.488. The Morgan fingerprint density at radius 3 is 2.84 bits per heavy atom. The number of nitrogens with zero attached hydrogens (tertiary/aromatic N) is 3. The number of hydrogen-bond donors (Lipinski definition) is 3. The molecule has 0 aliphatic rings. The van der Waals surface area contributed by atoms with E-state index in [9.17, 15) is 0 Å². The number of nitrogens with two attached hydrogens (primary N) is 1. The molecule has 6 nitrogen and oxygen atoms in total. The van der Waals surface area contributed by atoms with Crippen LogP contribution < -0.4 is 16.6 Å². The Morgan fingerprint density at radius 2 is 1.95 bits per heavy atom. The average Bonchev–Trinajstić information content (AvgIpc) is 2.48. The maximum atomic E-state index is 5.33. The van der Waals surface area contributed by atoms with Crippen molar-refractivity contribution in [1.29, 1.82) is 0 Å². The van der Waals surface area contributed by atoms with Gasteiger partial charge in [0.05, 0.1) is 0 Å². The Kier molecular flexibility index (Phi) is 2.91. The first-order valence-corrected chi connectivity index (χ1v) is 5.75. The van der Waals surface area contributed by atoms with Gasteiger partial charge in [-0.1, -0.05) is 12.1 Å². The Morgan fingerprint density at radius 1 is 1.05 bits per heavy atom. The number of fused-ring (bicyclic) bond motifs is 1. The summed E-state index contributed by atoms with van der Waals surface area (Å²) in [5.74, 6) is 6.55. The maximum absolute atomic E-state index is 5.33. The lowest BCUT2D eigenvalue weighted by atomic mass is 10.1. The number of benzene rings is 1. The second-order valence-electron chi connectivity index (χ2n) is 3.96. The molecule has 94 valence electrons. The van der Waals surface area contributed by atoms with E-state index < -0.39 is 0 Å². The van der Waals surface area contributed by atoms with Crippen LogP contribution in [-0.4, -0.2) is 15.0 Å². The van der Waals surface area contributed by atoms with Crippen LogP contribution in [0.2, 0.25) is 0 Å². The van der Waals surface area contributed by atoms with E-state index in [0.717, 1.165) is 16.5 Å². The smallest absolute Gasteiger partial charge is 0.145 e. The predicted octanol–water partition coefficient (Wildman–Crippen LogP) is 2.05. The second kappa shape index (κ2) is 4.87. The highest BCUT2D eigenvalue weighted by molar-refractivity contribution is 5.94. The minimum Gasteiger partial charge on any atom is -0.340 e. The average molecular weight is 252 g/mol. The van der Waals surface area contributed by atoms with Crippen LogP contribution in [0, 0.1) is 0 Å². The Balaban J connectivity index is 2.01. The van der Waals surface area contributed by atoms with Crippen LogP contribution in [0.4, 0.5) is 17.3 Å². The third kappa shape index (κ3) is 2.29. The summed E-state index contributed by atoms with van der Waals surface area (Å²) in [6.45, 7) is 0. The van der Waals surface area contributed by atoms with Crippen molar-refractivity contribution < 1.29 is 0 Å². The largest absolute Gasteiger partial charge is 0.340 e. The van der Waals surface area contributed by atoms with E-state index >= 15 is 0 Å². The van der Waals surface area contributed by atoms with Gasteiger partial charge in [0.15, 0.2) is 0 Å². The molecular weight excluding hydrogens is 240 g/mol. The molecule has 6 heteroatoms. The zero-order chi connectivity index (χ0) is 13.1. The molecule has 19 heavy (non-hydrogen) atoms. The summed E-state index contributed by atoms with van der Waals surface area (Å²) >= 11 is 0. The lowest BCUT2D eigenvalue weighted by Crippen LogP contribution is -2.09. The molecule has 2 heterocycles. The van der Waals surface area contributed by atoms with E-state index in [4.69, 9.17) is 5.84 Å². The molecule has 2 aromatic heterocycles. The molecule has 0 saturated carbocycles. The summed E-state index contributed by atoms with van der Waals surface area (Å²) in [6, 6.07) is 9.66. The first kappa shape index (κ1) is 11.4. The lowest BCUT2D eigenvalue weighted by Gasteiger charge is -2.09. The van der Waals surface area contributed by atoms with Gasteiger partial charge in [-0.3, -0.25) is 4.98 Å². The Hall–Kier alpha value is -2.73. The number of nitrogen functional groups attached to an aromatic ring is 1. The number of hydrazine groups is 1. The van der Waals surface area contributed by atoms with E-state index in [-0.39, 0.29) is 0 Å². The SMILES string of the molecule is NNc1cc(Nc2cccc3cnccc23)ncn1. The molecule has 3 aromatic rings. The molecule has 0 saturated heterocycles. The van der Waals surface area contributed by atoms with Crippen molar-refractivity contribution in [1.82, 2.24) is 15.0 Å². The normalized spacial score (nSPS) is 10.4. The standard InChI is InChI=1S/C13H12N6/c14-19-13-6-12(16-8-17-13)18-11-3-1-2-9-7-15-5-4-10(9)11/h1-8H,14H2,(H2,16,17,18,19). The highest BCUT2D eigenvalue weighted by atomic mass is 15.3. The van der Waals surface area contributed by atoms with Crippen molar-refractivity contribution in [3.63, 3.8) is 0 Å². The van der Waals surface area contributed by atoms with Gasteiger partial charge >= 0.3 is 0 Å². The summed E-state index contributed by atoms with van der Waals surface area (Å²) < 4.78 is 0. The molecule has 0 bridgehead atoms. The molecule has 0 spiro atoms. The number of pyridine rings is 1. The number of hydrogen-bond acceptors (Lipinski definition) is 6. The molecule has 0 amide bonds. The van der Waals surface area contributed by atoms with E-state index in [1.807, 2.05) is 30.5 Å². The van der Waals surface area contributed by atoms with Gasteiger partial charge < -0.3 is 10.7 Å². The molecule has 0 aliphatic carbocycles. The summed E-state index contributed by atoms with van der Waals surface area (Å²) in [7, 11) is 0. The van der Waals surface area contributed by atoms with Gasteiger partial charge in [0.1, 0.15) is 18.0 Å². The van der Waals surface area contributed by atoms with Crippen LogP contribution in [0.15, 0.2) is 49.1 Å². The van der Waals surface area contributed by atoms with Gasteiger partial charge in [-0.25, -0.2) is 15.8 Å². The molecule has 0 fully saturated rings. The molecule has 0 aliphatic heterocycles. The second-order valence-corrected chi connectivity index (χ2v) is 3.96. The summed E-state index contributed by atoms with van der Waals surface area (Å²) in [5, 5.41) is 5.40. The van der Waals surface area contributed by atoms with Gasteiger partial charge in [-0.05, 0) is 12.1 Å². The first-order valence-electron chi connectivity index (χ1n) is 5.75. The number of rotatable bonds is 3. The fourth-order valence-corrected chi connectivity index (χ4v) is 1.87. The van der Waals surface area contributed by atoms with Crippen LogP contribution in [0.3, 0.4) is 0 Å². The Bertz CT molecular complexity index is 707. The molecule has 0 atom stereocenters. The summed E-state index contributed by atoms with van der Waals surface area (Å²) in [5.41, 5.74) is 3.45. The number of nitrogens with one attached hydrogen (secondary N) is 2. The fraction of sp³-hybridized carbons (Fsp3) is 0. The van der Waals surface area contributed by atoms with Crippen molar-refractivity contribution in [2.24, 2.45) is 5.84 Å². The van der Waals surface area contributed by atoms with Crippen LogP contribution in [0.25, 0.3) is 10.8 Å². The molecule has 4 N–H and O–H groups in total. The van der Waals surface area contributed by atoms with Crippen molar-refractivity contribution in [2.45, 2.75) is 0 Å². The van der Waals surface area contributed by atoms with E-state index in [2.05, 4.69) is 25.7 Å². The zero-order valence-corrected chi connectivity index (χ0v) is 10.0. The third-order valence-corrected chi connectivity index (χ3v) is 2.76. The summed E-state index contributed by atoms with van der Waals surface area (Å²) in [6.07, 6.45) is 5.04. The maximum Gasteiger partial charge on any atom is 0.145 e. The molecule has 0 radical (unpaired) electrons. The van der Waals surface area contributed by atoms with Crippen LogP contribution in [0.1, 0.15) is 0 Å². The van der Waals surface area contributed by atoms with Crippen molar-refractivity contribution in [3.05, 3.63) is 49.1 Å². The zero-order valence-electron chi connectivity index (χ0n) is 10.0. The molecule has 1 aromatic carbocycles. The number of anilines is 3. The molecular formula is C13H12N6. The topological polar surface area (TPSA) is 88.8 Å². The van der Waals surface area contributed by atoms with Crippen molar-refractivity contribution in [2.75, 3.05) is 10.7 Å². The van der Waals surface area contributed by atoms with Gasteiger partial charge in [-0.15, -0.1) is 0 Å². The minimum absolute atomic E-state index is 0.555. The minimum atomic E-state index is 0.555. The van der Waals surface area contributed by atoms with E-state index in [0.29, 0.717) is 11.6 Å². The van der Waals surface area contributed by atoms with Crippen LogP contribution in [-0.2, 0) is 0 Å². The summed E-state index contributed by atoms with van der Waals surface area (Å²) in [4.78, 5) is 12.2. The Labute approximate surface area is 109 Å². The van der Waals surface area contributed by atoms with E-state index in [1.165, 1.54) is 6.33 Å². The third-order valence-electron chi connectivity index (χ3n) is 2.76. The monoisotopic (exact) mass is 252 g/mol. The van der Waals surface area contributed by atoms with Gasteiger partial charge in [0.2, 0.25) is 0 Å².